The van der Waals surface area contributed by atoms with E-state index in [4.69, 9.17) is 4.74 Å². The van der Waals surface area contributed by atoms with Crippen molar-refractivity contribution in [2.24, 2.45) is 0 Å². The molecule has 2 aliphatic rings. The van der Waals surface area contributed by atoms with Crippen molar-refractivity contribution in [2.75, 3.05) is 32.7 Å². The van der Waals surface area contributed by atoms with Crippen LogP contribution in [-0.4, -0.2) is 90.8 Å². The largest absolute Gasteiger partial charge is 0.459 e. The van der Waals surface area contributed by atoms with E-state index in [1.807, 2.05) is 24.0 Å². The maximum absolute atomic E-state index is 12.8. The van der Waals surface area contributed by atoms with Gasteiger partial charge < -0.3 is 14.7 Å². The molecule has 1 N–H and O–H groups in total. The quantitative estimate of drug-likeness (QED) is 0.507. The second-order valence-electron chi connectivity index (χ2n) is 8.99. The molecule has 182 valence electrons. The number of amides is 1. The van der Waals surface area contributed by atoms with E-state index < -0.39 is 6.10 Å². The van der Waals surface area contributed by atoms with Crippen LogP contribution in [0.3, 0.4) is 0 Å². The van der Waals surface area contributed by atoms with Crippen molar-refractivity contribution in [1.82, 2.24) is 35.0 Å². The Labute approximate surface area is 202 Å². The third-order valence-corrected chi connectivity index (χ3v) is 6.45. The van der Waals surface area contributed by atoms with Crippen LogP contribution in [0.1, 0.15) is 40.1 Å². The molecule has 2 aromatic heterocycles. The highest BCUT2D eigenvalue weighted by Crippen LogP contribution is 2.25. The van der Waals surface area contributed by atoms with Crippen LogP contribution in [0.15, 0.2) is 42.9 Å². The van der Waals surface area contributed by atoms with Crippen LogP contribution in [0.5, 0.6) is 0 Å². The SMILES string of the molecule is CC1Cc2cc(C(O)CN3CCN(C(=O)Cc4ccc(-n5cnnn5)nc4)CC3)ccc2C(=O)O1. The zero-order chi connectivity index (χ0) is 24.4. The number of cyclic esters (lactones) is 1. The van der Waals surface area contributed by atoms with Gasteiger partial charge in [0.1, 0.15) is 12.4 Å². The zero-order valence-corrected chi connectivity index (χ0v) is 19.4. The number of fused-ring (bicyclic) bond motifs is 1. The Balaban J connectivity index is 1.12. The molecule has 11 heteroatoms. The van der Waals surface area contributed by atoms with Gasteiger partial charge in [0.15, 0.2) is 5.82 Å². The monoisotopic (exact) mass is 477 g/mol. The van der Waals surface area contributed by atoms with Crippen LogP contribution in [0.4, 0.5) is 0 Å². The first-order valence-electron chi connectivity index (χ1n) is 11.7. The number of rotatable bonds is 6. The van der Waals surface area contributed by atoms with Gasteiger partial charge in [-0.15, -0.1) is 5.10 Å². The van der Waals surface area contributed by atoms with Crippen molar-refractivity contribution >= 4 is 11.9 Å². The topological polar surface area (TPSA) is 127 Å². The van der Waals surface area contributed by atoms with Gasteiger partial charge in [-0.05, 0) is 46.2 Å². The summed E-state index contributed by atoms with van der Waals surface area (Å²) in [5.74, 6) is 0.337. The first-order valence-corrected chi connectivity index (χ1v) is 11.7. The van der Waals surface area contributed by atoms with Crippen molar-refractivity contribution < 1.29 is 19.4 Å². The minimum Gasteiger partial charge on any atom is -0.459 e. The number of carbonyl (C=O) groups is 2. The summed E-state index contributed by atoms with van der Waals surface area (Å²) in [4.78, 5) is 33.1. The van der Waals surface area contributed by atoms with E-state index in [1.54, 1.807) is 24.4 Å². The number of esters is 1. The van der Waals surface area contributed by atoms with Gasteiger partial charge in [-0.1, -0.05) is 18.2 Å². The van der Waals surface area contributed by atoms with Gasteiger partial charge in [0, 0.05) is 45.3 Å². The third-order valence-electron chi connectivity index (χ3n) is 6.45. The van der Waals surface area contributed by atoms with Gasteiger partial charge in [-0.25, -0.2) is 9.78 Å². The number of aliphatic hydroxyl groups excluding tert-OH is 1. The molecule has 1 amide bonds. The predicted octanol–water partition coefficient (Wildman–Crippen LogP) is 0.579. The van der Waals surface area contributed by atoms with Gasteiger partial charge >= 0.3 is 5.97 Å². The predicted molar refractivity (Wildman–Crippen MR) is 124 cm³/mol. The van der Waals surface area contributed by atoms with Crippen molar-refractivity contribution in [3.8, 4) is 5.82 Å². The highest BCUT2D eigenvalue weighted by molar-refractivity contribution is 5.92. The van der Waals surface area contributed by atoms with Crippen LogP contribution in [0.2, 0.25) is 0 Å². The molecular formula is C24H27N7O4. The van der Waals surface area contributed by atoms with E-state index in [2.05, 4.69) is 25.4 Å². The molecule has 1 saturated heterocycles. The molecule has 3 aromatic rings. The van der Waals surface area contributed by atoms with E-state index in [-0.39, 0.29) is 24.4 Å². The van der Waals surface area contributed by atoms with Gasteiger partial charge in [0.05, 0.1) is 18.1 Å². The van der Waals surface area contributed by atoms with Gasteiger partial charge in [0.2, 0.25) is 5.91 Å². The number of pyridine rings is 1. The minimum absolute atomic E-state index is 0.0536. The van der Waals surface area contributed by atoms with E-state index in [1.165, 1.54) is 11.0 Å². The molecule has 5 rings (SSSR count). The number of carbonyl (C=O) groups excluding carboxylic acids is 2. The maximum atomic E-state index is 12.8. The molecule has 0 aliphatic carbocycles. The van der Waals surface area contributed by atoms with Crippen LogP contribution < -0.4 is 0 Å². The smallest absolute Gasteiger partial charge is 0.338 e. The molecule has 0 saturated carbocycles. The van der Waals surface area contributed by atoms with Crippen molar-refractivity contribution in [3.63, 3.8) is 0 Å². The summed E-state index contributed by atoms with van der Waals surface area (Å²) in [7, 11) is 0. The highest BCUT2D eigenvalue weighted by Gasteiger charge is 2.26. The fourth-order valence-corrected chi connectivity index (χ4v) is 4.53. The number of hydrogen-bond acceptors (Lipinski definition) is 9. The average molecular weight is 478 g/mol. The Morgan fingerprint density at radius 3 is 2.74 bits per heavy atom. The fraction of sp³-hybridized carbons (Fsp3) is 0.417. The van der Waals surface area contributed by atoms with Crippen LogP contribution in [0, 0.1) is 0 Å². The summed E-state index contributed by atoms with van der Waals surface area (Å²) in [5, 5.41) is 21.8. The molecule has 0 bridgehead atoms. The zero-order valence-electron chi connectivity index (χ0n) is 19.4. The van der Waals surface area contributed by atoms with Gasteiger partial charge in [-0.2, -0.15) is 4.68 Å². The van der Waals surface area contributed by atoms with Crippen molar-refractivity contribution in [2.45, 2.75) is 32.0 Å². The number of ether oxygens (including phenoxy) is 1. The lowest BCUT2D eigenvalue weighted by molar-refractivity contribution is -0.132. The molecule has 1 fully saturated rings. The second kappa shape index (κ2) is 9.88. The minimum atomic E-state index is -0.666. The Morgan fingerprint density at radius 2 is 2.03 bits per heavy atom. The van der Waals surface area contributed by atoms with Gasteiger partial charge in [0.25, 0.3) is 0 Å². The lowest BCUT2D eigenvalue weighted by Crippen LogP contribution is -2.50. The standard InChI is InChI=1S/C24H27N7O4/c1-16-10-19-12-18(3-4-20(19)24(34)35-16)21(32)14-29-6-8-30(9-7-29)23(33)11-17-2-5-22(25-13-17)31-15-26-27-28-31/h2-5,12-13,15-16,21,32H,6-11,14H2,1H3. The van der Waals surface area contributed by atoms with E-state index in [0.29, 0.717) is 50.5 Å². The van der Waals surface area contributed by atoms with Gasteiger partial charge in [-0.3, -0.25) is 9.69 Å². The normalized spacial score (nSPS) is 19.2. The molecule has 0 radical (unpaired) electrons. The highest BCUT2D eigenvalue weighted by atomic mass is 16.5. The van der Waals surface area contributed by atoms with Crippen LogP contribution in [-0.2, 0) is 22.4 Å². The summed E-state index contributed by atoms with van der Waals surface area (Å²) >= 11 is 0. The molecule has 11 nitrogen and oxygen atoms in total. The molecule has 1 aromatic carbocycles. The Hall–Kier alpha value is -3.70. The molecule has 2 atom stereocenters. The Morgan fingerprint density at radius 1 is 1.20 bits per heavy atom. The first kappa shape index (κ1) is 23.1. The number of aliphatic hydroxyl groups is 1. The number of β-amino-alcohol motifs (C(OH)–C–C–N with tert-alkyl or cyclic N) is 1. The number of tetrazole rings is 1. The summed E-state index contributed by atoms with van der Waals surface area (Å²) in [5.41, 5.74) is 3.12. The third kappa shape index (κ3) is 5.20. The summed E-state index contributed by atoms with van der Waals surface area (Å²) in [6.45, 7) is 4.93. The van der Waals surface area contributed by atoms with Crippen molar-refractivity contribution in [1.29, 1.82) is 0 Å². The lowest BCUT2D eigenvalue weighted by Gasteiger charge is -2.36. The van der Waals surface area contributed by atoms with E-state index in [0.717, 1.165) is 16.7 Å². The van der Waals surface area contributed by atoms with E-state index in [9.17, 15) is 14.7 Å². The summed E-state index contributed by atoms with van der Waals surface area (Å²) < 4.78 is 6.72. The second-order valence-corrected chi connectivity index (χ2v) is 8.99. The summed E-state index contributed by atoms with van der Waals surface area (Å²) in [6.07, 6.45) is 3.24. The van der Waals surface area contributed by atoms with Crippen LogP contribution >= 0.6 is 0 Å². The Kier molecular flexibility index (Phi) is 6.51. The molecule has 4 heterocycles. The first-order chi connectivity index (χ1) is 17.0. The molecular weight excluding hydrogens is 450 g/mol. The molecule has 2 unspecified atom stereocenters. The number of nitrogens with zero attached hydrogens (tertiary/aromatic N) is 7. The molecule has 0 spiro atoms. The lowest BCUT2D eigenvalue weighted by atomic mass is 9.95. The molecule has 35 heavy (non-hydrogen) atoms. The number of aromatic nitrogens is 5. The van der Waals surface area contributed by atoms with Crippen LogP contribution in [0.25, 0.3) is 5.82 Å². The van der Waals surface area contributed by atoms with Crippen molar-refractivity contribution in [3.05, 3.63) is 65.1 Å². The number of benzene rings is 1. The molecule has 2 aliphatic heterocycles. The maximum Gasteiger partial charge on any atom is 0.338 e. The van der Waals surface area contributed by atoms with E-state index >= 15 is 0 Å². The number of piperazine rings is 1. The average Bonchev–Trinajstić information content (AvgIpc) is 3.39. The fourth-order valence-electron chi connectivity index (χ4n) is 4.53. The summed E-state index contributed by atoms with van der Waals surface area (Å²) in [6, 6.07) is 9.08. The Bertz CT molecular complexity index is 1190. The number of hydrogen-bond donors (Lipinski definition) is 1.